The predicted molar refractivity (Wildman–Crippen MR) is 135 cm³/mol. The molecule has 0 bridgehead atoms. The van der Waals surface area contributed by atoms with Gasteiger partial charge in [-0.2, -0.15) is 5.26 Å². The summed E-state index contributed by atoms with van der Waals surface area (Å²) in [5, 5.41) is 10.5. The van der Waals surface area contributed by atoms with Gasteiger partial charge in [-0.3, -0.25) is 9.69 Å². The number of carbonyl (C=O) groups excluding carboxylic acids is 1. The molecule has 0 aromatic carbocycles. The second kappa shape index (κ2) is 8.12. The van der Waals surface area contributed by atoms with Crippen LogP contribution in [-0.4, -0.2) is 15.3 Å². The summed E-state index contributed by atoms with van der Waals surface area (Å²) in [4.78, 5) is 22.6. The van der Waals surface area contributed by atoms with Crippen molar-refractivity contribution in [3.63, 3.8) is 0 Å². The standard InChI is InChI=1S/C26H23BrN4OS/c1-16-6-8-21(33-16)23-18(14-28)25(30-10-4-5-11-30)31(22-9-7-17(27)15-29-22)19-12-26(2,3)13-20(32)24(19)23/h4-11,15,23H,12-13H2,1-3H3. The number of ketones is 1. The van der Waals surface area contributed by atoms with Crippen molar-refractivity contribution in [1.82, 2.24) is 9.55 Å². The van der Waals surface area contributed by atoms with E-state index in [-0.39, 0.29) is 17.1 Å². The first kappa shape index (κ1) is 21.9. The van der Waals surface area contributed by atoms with Crippen molar-refractivity contribution in [2.24, 2.45) is 5.41 Å². The van der Waals surface area contributed by atoms with E-state index in [4.69, 9.17) is 0 Å². The number of hydrogen-bond donors (Lipinski definition) is 0. The molecule has 0 saturated carbocycles. The molecule has 0 amide bonds. The van der Waals surface area contributed by atoms with Crippen LogP contribution in [0.2, 0.25) is 0 Å². The number of carbonyl (C=O) groups is 1. The minimum Gasteiger partial charge on any atom is -0.309 e. The van der Waals surface area contributed by atoms with Gasteiger partial charge in [0.2, 0.25) is 0 Å². The summed E-state index contributed by atoms with van der Waals surface area (Å²) >= 11 is 5.12. The van der Waals surface area contributed by atoms with E-state index in [0.717, 1.165) is 37.7 Å². The van der Waals surface area contributed by atoms with E-state index in [0.29, 0.717) is 17.8 Å². The monoisotopic (exact) mass is 518 g/mol. The van der Waals surface area contributed by atoms with Crippen molar-refractivity contribution in [1.29, 1.82) is 5.26 Å². The van der Waals surface area contributed by atoms with E-state index in [1.54, 1.807) is 17.5 Å². The zero-order valence-corrected chi connectivity index (χ0v) is 21.1. The highest BCUT2D eigenvalue weighted by molar-refractivity contribution is 9.10. The average molecular weight is 519 g/mol. The Balaban J connectivity index is 1.86. The van der Waals surface area contributed by atoms with E-state index in [2.05, 4.69) is 59.9 Å². The number of Topliss-reactive ketones (excluding diaryl/α,β-unsaturated/α-hetero) is 1. The fraction of sp³-hybridized carbons (Fsp3) is 0.269. The molecule has 0 saturated heterocycles. The van der Waals surface area contributed by atoms with Crippen molar-refractivity contribution < 1.29 is 4.79 Å². The molecule has 0 spiro atoms. The topological polar surface area (TPSA) is 61.9 Å². The van der Waals surface area contributed by atoms with Crippen molar-refractivity contribution in [2.75, 3.05) is 4.90 Å². The maximum absolute atomic E-state index is 13.7. The van der Waals surface area contributed by atoms with Crippen LogP contribution in [0.25, 0.3) is 5.82 Å². The van der Waals surface area contributed by atoms with Gasteiger partial charge in [0.25, 0.3) is 0 Å². The van der Waals surface area contributed by atoms with Crippen LogP contribution in [-0.2, 0) is 4.79 Å². The second-order valence-corrected chi connectivity index (χ2v) is 11.5. The zero-order chi connectivity index (χ0) is 23.3. The lowest BCUT2D eigenvalue weighted by atomic mass is 9.69. The molecular weight excluding hydrogens is 496 g/mol. The quantitative estimate of drug-likeness (QED) is 0.389. The molecule has 5 rings (SSSR count). The third-order valence-corrected chi connectivity index (χ3v) is 7.69. The Morgan fingerprint density at radius 3 is 2.55 bits per heavy atom. The van der Waals surface area contributed by atoms with Gasteiger partial charge in [-0.1, -0.05) is 13.8 Å². The number of hydrogen-bond acceptors (Lipinski definition) is 5. The number of anilines is 1. The van der Waals surface area contributed by atoms with Crippen LogP contribution in [0.1, 0.15) is 42.4 Å². The summed E-state index contributed by atoms with van der Waals surface area (Å²) in [6.07, 6.45) is 6.81. The number of halogens is 1. The van der Waals surface area contributed by atoms with E-state index >= 15 is 0 Å². The zero-order valence-electron chi connectivity index (χ0n) is 18.7. The summed E-state index contributed by atoms with van der Waals surface area (Å²) in [6.45, 7) is 6.31. The molecule has 3 aromatic heterocycles. The van der Waals surface area contributed by atoms with Crippen LogP contribution in [0.5, 0.6) is 0 Å². The van der Waals surface area contributed by atoms with Gasteiger partial charge in [0.05, 0.1) is 17.6 Å². The lowest BCUT2D eigenvalue weighted by molar-refractivity contribution is -0.118. The second-order valence-electron chi connectivity index (χ2n) is 9.29. The van der Waals surface area contributed by atoms with Gasteiger partial charge in [-0.15, -0.1) is 11.3 Å². The Hall–Kier alpha value is -2.95. The van der Waals surface area contributed by atoms with Gasteiger partial charge in [0.15, 0.2) is 5.78 Å². The highest BCUT2D eigenvalue weighted by atomic mass is 79.9. The lowest BCUT2D eigenvalue weighted by Gasteiger charge is -2.44. The number of aromatic nitrogens is 2. The number of rotatable bonds is 3. The summed E-state index contributed by atoms with van der Waals surface area (Å²) in [5.41, 5.74) is 2.04. The Labute approximate surface area is 205 Å². The molecule has 0 fully saturated rings. The van der Waals surface area contributed by atoms with Gasteiger partial charge in [-0.05, 0) is 71.1 Å². The molecule has 1 unspecified atom stereocenters. The third kappa shape index (κ3) is 3.77. The number of nitriles is 1. The molecular formula is C26H23BrN4OS. The fourth-order valence-corrected chi connectivity index (χ4v) is 6.07. The Bertz CT molecular complexity index is 1340. The van der Waals surface area contributed by atoms with Gasteiger partial charge >= 0.3 is 0 Å². The SMILES string of the molecule is Cc1ccc(C2C(C#N)=C(n3cccc3)N(c3ccc(Br)cn3)C3=C2C(=O)CC(C)(C)C3)s1. The van der Waals surface area contributed by atoms with Crippen LogP contribution in [0.4, 0.5) is 5.82 Å². The van der Waals surface area contributed by atoms with Gasteiger partial charge in [0, 0.05) is 50.5 Å². The normalized spacial score (nSPS) is 20.2. The molecule has 33 heavy (non-hydrogen) atoms. The Morgan fingerprint density at radius 2 is 1.94 bits per heavy atom. The van der Waals surface area contributed by atoms with Gasteiger partial charge in [-0.25, -0.2) is 4.98 Å². The first-order valence-electron chi connectivity index (χ1n) is 10.8. The van der Waals surface area contributed by atoms with E-state index in [1.165, 1.54) is 0 Å². The largest absolute Gasteiger partial charge is 0.309 e. The molecule has 5 nitrogen and oxygen atoms in total. The van der Waals surface area contributed by atoms with Gasteiger partial charge in [0.1, 0.15) is 11.6 Å². The number of allylic oxidation sites excluding steroid dienone is 3. The minimum absolute atomic E-state index is 0.110. The van der Waals surface area contributed by atoms with Crippen molar-refractivity contribution >= 4 is 44.7 Å². The summed E-state index contributed by atoms with van der Waals surface area (Å²) in [7, 11) is 0. The molecule has 1 aliphatic carbocycles. The van der Waals surface area contributed by atoms with Crippen LogP contribution >= 0.6 is 27.3 Å². The van der Waals surface area contributed by atoms with Crippen molar-refractivity contribution in [2.45, 2.75) is 39.5 Å². The average Bonchev–Trinajstić information content (AvgIpc) is 3.44. The molecule has 7 heteroatoms. The third-order valence-electron chi connectivity index (χ3n) is 6.15. The Morgan fingerprint density at radius 1 is 1.18 bits per heavy atom. The molecule has 4 heterocycles. The number of aryl methyl sites for hydroxylation is 1. The molecule has 0 N–H and O–H groups in total. The van der Waals surface area contributed by atoms with Crippen LogP contribution in [0, 0.1) is 23.7 Å². The Kier molecular flexibility index (Phi) is 5.38. The molecule has 166 valence electrons. The molecule has 2 aliphatic rings. The summed E-state index contributed by atoms with van der Waals surface area (Å²) < 4.78 is 2.84. The summed E-state index contributed by atoms with van der Waals surface area (Å²) in [5.74, 6) is 1.15. The molecule has 1 aliphatic heterocycles. The number of pyridine rings is 1. The van der Waals surface area contributed by atoms with E-state index < -0.39 is 0 Å². The lowest BCUT2D eigenvalue weighted by Crippen LogP contribution is -2.40. The fourth-order valence-electron chi connectivity index (χ4n) is 4.84. The van der Waals surface area contributed by atoms with Crippen LogP contribution < -0.4 is 4.90 Å². The first-order chi connectivity index (χ1) is 15.8. The van der Waals surface area contributed by atoms with Crippen LogP contribution in [0.3, 0.4) is 0 Å². The highest BCUT2D eigenvalue weighted by Crippen LogP contribution is 2.52. The molecule has 3 aromatic rings. The highest BCUT2D eigenvalue weighted by Gasteiger charge is 2.46. The van der Waals surface area contributed by atoms with Crippen molar-refractivity contribution in [3.8, 4) is 6.07 Å². The van der Waals surface area contributed by atoms with Crippen molar-refractivity contribution in [3.05, 3.63) is 86.1 Å². The number of thiophene rings is 1. The molecule has 1 atom stereocenters. The van der Waals surface area contributed by atoms with Crippen LogP contribution in [0.15, 0.2) is 76.3 Å². The van der Waals surface area contributed by atoms with Gasteiger partial charge < -0.3 is 4.57 Å². The number of nitrogens with zero attached hydrogens (tertiary/aromatic N) is 4. The van der Waals surface area contributed by atoms with E-state index in [9.17, 15) is 10.1 Å². The van der Waals surface area contributed by atoms with E-state index in [1.807, 2.05) is 46.1 Å². The predicted octanol–water partition coefficient (Wildman–Crippen LogP) is 6.65. The summed E-state index contributed by atoms with van der Waals surface area (Å²) in [6, 6.07) is 14.4. The molecule has 0 radical (unpaired) electrons. The maximum atomic E-state index is 13.7. The minimum atomic E-state index is -0.378. The first-order valence-corrected chi connectivity index (χ1v) is 12.4. The maximum Gasteiger partial charge on any atom is 0.162 e. The smallest absolute Gasteiger partial charge is 0.162 e.